The summed E-state index contributed by atoms with van der Waals surface area (Å²) in [7, 11) is 0. The van der Waals surface area contributed by atoms with Crippen molar-refractivity contribution in [2.24, 2.45) is 0 Å². The fraction of sp³-hybridized carbons (Fsp3) is 0.435. The van der Waals surface area contributed by atoms with Gasteiger partial charge in [0.25, 0.3) is 0 Å². The first kappa shape index (κ1) is 19.4. The zero-order chi connectivity index (χ0) is 20.1. The number of hydrogen-bond donors (Lipinski definition) is 2. The highest BCUT2D eigenvalue weighted by Crippen LogP contribution is 2.31. The first-order chi connectivity index (χ1) is 14.2. The van der Waals surface area contributed by atoms with Crippen LogP contribution >= 0.6 is 0 Å². The van der Waals surface area contributed by atoms with E-state index >= 15 is 0 Å². The van der Waals surface area contributed by atoms with Gasteiger partial charge in [0.05, 0.1) is 0 Å². The summed E-state index contributed by atoms with van der Waals surface area (Å²) in [5.74, 6) is 1.01. The van der Waals surface area contributed by atoms with E-state index in [1.54, 1.807) is 0 Å². The molecule has 152 valence electrons. The number of anilines is 1. The number of urea groups is 1. The number of aryl methyl sites for hydroxylation is 1. The molecular weight excluding hydrogens is 362 g/mol. The first-order valence-electron chi connectivity index (χ1n) is 10.7. The largest absolute Gasteiger partial charge is 0.337 e. The summed E-state index contributed by atoms with van der Waals surface area (Å²) >= 11 is 0. The fourth-order valence-electron chi connectivity index (χ4n) is 4.16. The van der Waals surface area contributed by atoms with E-state index in [-0.39, 0.29) is 6.03 Å². The molecule has 6 nitrogen and oxygen atoms in total. The van der Waals surface area contributed by atoms with Crippen molar-refractivity contribution >= 4 is 22.9 Å². The highest BCUT2D eigenvalue weighted by molar-refractivity contribution is 5.89. The van der Waals surface area contributed by atoms with Crippen molar-refractivity contribution < 1.29 is 4.79 Å². The SMILES string of the molecule is CCc1ccc(NC(=O)NCCc2nc3cccnc3n2C2CCCCC2)cc1. The number of carbonyl (C=O) groups excluding carboxylic acids is 1. The third-order valence-corrected chi connectivity index (χ3v) is 5.72. The topological polar surface area (TPSA) is 71.8 Å². The second kappa shape index (κ2) is 9.07. The number of aromatic nitrogens is 3. The Labute approximate surface area is 171 Å². The van der Waals surface area contributed by atoms with Gasteiger partial charge in [-0.25, -0.2) is 14.8 Å². The summed E-state index contributed by atoms with van der Waals surface area (Å²) in [6, 6.07) is 12.2. The molecule has 1 aromatic carbocycles. The summed E-state index contributed by atoms with van der Waals surface area (Å²) in [5.41, 5.74) is 3.97. The number of imidazole rings is 1. The normalized spacial score (nSPS) is 14.8. The third kappa shape index (κ3) is 4.58. The molecule has 0 saturated heterocycles. The lowest BCUT2D eigenvalue weighted by atomic mass is 9.95. The highest BCUT2D eigenvalue weighted by atomic mass is 16.2. The summed E-state index contributed by atoms with van der Waals surface area (Å²) in [4.78, 5) is 21.7. The number of nitrogens with one attached hydrogen (secondary N) is 2. The molecule has 1 saturated carbocycles. The number of nitrogens with zero attached hydrogens (tertiary/aromatic N) is 3. The predicted octanol–water partition coefficient (Wildman–Crippen LogP) is 4.86. The van der Waals surface area contributed by atoms with Crippen molar-refractivity contribution in [3.63, 3.8) is 0 Å². The van der Waals surface area contributed by atoms with Gasteiger partial charge in [0.1, 0.15) is 11.3 Å². The minimum Gasteiger partial charge on any atom is -0.337 e. The monoisotopic (exact) mass is 391 g/mol. The van der Waals surface area contributed by atoms with Crippen LogP contribution in [0.2, 0.25) is 0 Å². The van der Waals surface area contributed by atoms with Crippen LogP contribution < -0.4 is 10.6 Å². The Balaban J connectivity index is 1.40. The third-order valence-electron chi connectivity index (χ3n) is 5.72. The predicted molar refractivity (Wildman–Crippen MR) is 116 cm³/mol. The molecule has 4 rings (SSSR count). The van der Waals surface area contributed by atoms with Crippen molar-refractivity contribution in [2.75, 3.05) is 11.9 Å². The van der Waals surface area contributed by atoms with E-state index in [4.69, 9.17) is 4.98 Å². The molecule has 1 fully saturated rings. The van der Waals surface area contributed by atoms with E-state index in [1.165, 1.54) is 37.7 Å². The highest BCUT2D eigenvalue weighted by Gasteiger charge is 2.21. The second-order valence-electron chi connectivity index (χ2n) is 7.72. The van der Waals surface area contributed by atoms with Crippen LogP contribution in [-0.2, 0) is 12.8 Å². The molecule has 1 aliphatic rings. The maximum Gasteiger partial charge on any atom is 0.319 e. The molecule has 1 aliphatic carbocycles. The van der Waals surface area contributed by atoms with E-state index in [0.717, 1.165) is 29.1 Å². The zero-order valence-corrected chi connectivity index (χ0v) is 17.0. The van der Waals surface area contributed by atoms with Crippen LogP contribution in [0.5, 0.6) is 0 Å². The van der Waals surface area contributed by atoms with Crippen LogP contribution in [0, 0.1) is 0 Å². The molecule has 29 heavy (non-hydrogen) atoms. The van der Waals surface area contributed by atoms with Gasteiger partial charge in [-0.1, -0.05) is 38.3 Å². The van der Waals surface area contributed by atoms with Gasteiger partial charge >= 0.3 is 6.03 Å². The molecule has 6 heteroatoms. The summed E-state index contributed by atoms with van der Waals surface area (Å²) in [6.45, 7) is 2.65. The molecule has 0 unspecified atom stereocenters. The molecule has 2 N–H and O–H groups in total. The van der Waals surface area contributed by atoms with Crippen molar-refractivity contribution in [1.82, 2.24) is 19.9 Å². The lowest BCUT2D eigenvalue weighted by Gasteiger charge is -2.25. The number of hydrogen-bond acceptors (Lipinski definition) is 3. The smallest absolute Gasteiger partial charge is 0.319 e. The van der Waals surface area contributed by atoms with E-state index in [2.05, 4.69) is 27.1 Å². The second-order valence-corrected chi connectivity index (χ2v) is 7.72. The number of fused-ring (bicyclic) bond motifs is 1. The molecule has 2 aromatic heterocycles. The Morgan fingerprint density at radius 2 is 1.93 bits per heavy atom. The van der Waals surface area contributed by atoms with Gasteiger partial charge in [-0.3, -0.25) is 0 Å². The molecule has 2 heterocycles. The van der Waals surface area contributed by atoms with Crippen molar-refractivity contribution in [2.45, 2.75) is 57.9 Å². The molecule has 0 spiro atoms. The average molecular weight is 392 g/mol. The van der Waals surface area contributed by atoms with Crippen LogP contribution in [0.25, 0.3) is 11.2 Å². The standard InChI is InChI=1S/C23H29N5O/c1-2-17-10-12-18(13-11-17)26-23(29)25-16-14-21-27-20-9-6-15-24-22(20)28(21)19-7-4-3-5-8-19/h6,9-13,15,19H,2-5,7-8,14,16H2,1H3,(H2,25,26,29). The van der Waals surface area contributed by atoms with E-state index in [0.29, 0.717) is 19.0 Å². The van der Waals surface area contributed by atoms with Crippen molar-refractivity contribution in [3.8, 4) is 0 Å². The van der Waals surface area contributed by atoms with Gasteiger partial charge in [0.2, 0.25) is 0 Å². The van der Waals surface area contributed by atoms with Gasteiger partial charge in [0, 0.05) is 30.9 Å². The summed E-state index contributed by atoms with van der Waals surface area (Å²) < 4.78 is 2.32. The number of rotatable bonds is 6. The molecule has 0 aliphatic heterocycles. The van der Waals surface area contributed by atoms with E-state index in [9.17, 15) is 4.79 Å². The number of benzene rings is 1. The van der Waals surface area contributed by atoms with Gasteiger partial charge in [-0.15, -0.1) is 0 Å². The van der Waals surface area contributed by atoms with Crippen LogP contribution in [0.1, 0.15) is 56.5 Å². The Kier molecular flexibility index (Phi) is 6.08. The van der Waals surface area contributed by atoms with E-state index < -0.39 is 0 Å². The van der Waals surface area contributed by atoms with Crippen molar-refractivity contribution in [3.05, 3.63) is 54.0 Å². The number of pyridine rings is 1. The molecule has 0 bridgehead atoms. The van der Waals surface area contributed by atoms with Gasteiger partial charge < -0.3 is 15.2 Å². The van der Waals surface area contributed by atoms with Crippen molar-refractivity contribution in [1.29, 1.82) is 0 Å². The lowest BCUT2D eigenvalue weighted by molar-refractivity contribution is 0.252. The van der Waals surface area contributed by atoms with Crippen LogP contribution in [-0.4, -0.2) is 27.1 Å². The van der Waals surface area contributed by atoms with E-state index in [1.807, 2.05) is 42.6 Å². The Morgan fingerprint density at radius 3 is 2.69 bits per heavy atom. The molecule has 2 amide bonds. The Hall–Kier alpha value is -2.89. The Bertz CT molecular complexity index is 957. The molecule has 0 atom stereocenters. The minimum absolute atomic E-state index is 0.187. The Morgan fingerprint density at radius 1 is 1.14 bits per heavy atom. The number of carbonyl (C=O) groups is 1. The summed E-state index contributed by atoms with van der Waals surface area (Å²) in [6.07, 6.45) is 9.70. The molecule has 0 radical (unpaired) electrons. The van der Waals surface area contributed by atoms with Crippen LogP contribution in [0.15, 0.2) is 42.6 Å². The van der Waals surface area contributed by atoms with Gasteiger partial charge in [-0.2, -0.15) is 0 Å². The van der Waals surface area contributed by atoms with Gasteiger partial charge in [0.15, 0.2) is 5.65 Å². The van der Waals surface area contributed by atoms with Crippen LogP contribution in [0.3, 0.4) is 0 Å². The first-order valence-corrected chi connectivity index (χ1v) is 10.7. The quantitative estimate of drug-likeness (QED) is 0.630. The zero-order valence-electron chi connectivity index (χ0n) is 17.0. The number of amides is 2. The maximum absolute atomic E-state index is 12.3. The molecular formula is C23H29N5O. The molecule has 3 aromatic rings. The lowest BCUT2D eigenvalue weighted by Crippen LogP contribution is -2.31. The summed E-state index contributed by atoms with van der Waals surface area (Å²) in [5, 5.41) is 5.85. The average Bonchev–Trinajstić information content (AvgIpc) is 3.13. The van der Waals surface area contributed by atoms with Crippen LogP contribution in [0.4, 0.5) is 10.5 Å². The minimum atomic E-state index is -0.187. The van der Waals surface area contributed by atoms with Gasteiger partial charge in [-0.05, 0) is 49.1 Å². The fourth-order valence-corrected chi connectivity index (χ4v) is 4.16. The maximum atomic E-state index is 12.3.